The quantitative estimate of drug-likeness (QED) is 0.424. The summed E-state index contributed by atoms with van der Waals surface area (Å²) in [5, 5.41) is 14.8. The third-order valence-electron chi connectivity index (χ3n) is 5.30. The number of amides is 3. The molecule has 1 aromatic heterocycles. The van der Waals surface area contributed by atoms with Gasteiger partial charge in [0.05, 0.1) is 0 Å². The molecule has 2 aromatic carbocycles. The van der Waals surface area contributed by atoms with Crippen molar-refractivity contribution >= 4 is 29.4 Å². The summed E-state index contributed by atoms with van der Waals surface area (Å²) in [5.74, 6) is -1.84. The van der Waals surface area contributed by atoms with Gasteiger partial charge in [0.25, 0.3) is 5.91 Å². The molecule has 10 nitrogen and oxygen atoms in total. The number of nitrogens with one attached hydrogen (secondary N) is 3. The van der Waals surface area contributed by atoms with E-state index in [0.29, 0.717) is 11.3 Å². The third kappa shape index (κ3) is 5.66. The summed E-state index contributed by atoms with van der Waals surface area (Å²) >= 11 is 0. The Hall–Kier alpha value is -4.47. The molecule has 1 atom stereocenters. The van der Waals surface area contributed by atoms with E-state index in [2.05, 4.69) is 20.6 Å². The molecule has 0 saturated carbocycles. The van der Waals surface area contributed by atoms with Gasteiger partial charge in [0, 0.05) is 36.5 Å². The van der Waals surface area contributed by atoms with E-state index in [4.69, 9.17) is 0 Å². The first-order chi connectivity index (χ1) is 16.2. The summed E-state index contributed by atoms with van der Waals surface area (Å²) in [6.45, 7) is 3.57. The minimum atomic E-state index is -1.35. The molecular formula is C24H25N5O5. The Morgan fingerprint density at radius 3 is 2.32 bits per heavy atom. The van der Waals surface area contributed by atoms with Gasteiger partial charge < -0.3 is 20.7 Å². The molecule has 0 radical (unpaired) electrons. The second-order valence-corrected chi connectivity index (χ2v) is 7.74. The summed E-state index contributed by atoms with van der Waals surface area (Å²) < 4.78 is 0. The highest BCUT2D eigenvalue weighted by Crippen LogP contribution is 2.18. The number of nitrogens with zero attached hydrogens (tertiary/aromatic N) is 2. The average molecular weight is 463 g/mol. The number of hydrogen-bond acceptors (Lipinski definition) is 5. The van der Waals surface area contributed by atoms with Crippen LogP contribution < -0.4 is 21.2 Å². The molecule has 0 aliphatic rings. The van der Waals surface area contributed by atoms with Crippen molar-refractivity contribution in [1.82, 2.24) is 15.3 Å². The van der Waals surface area contributed by atoms with Gasteiger partial charge in [0.1, 0.15) is 11.9 Å². The van der Waals surface area contributed by atoms with Crippen LogP contribution in [0, 0.1) is 13.8 Å². The van der Waals surface area contributed by atoms with Crippen LogP contribution in [0.25, 0.3) is 0 Å². The number of anilines is 2. The van der Waals surface area contributed by atoms with E-state index < -0.39 is 29.6 Å². The molecule has 0 aliphatic heterocycles. The van der Waals surface area contributed by atoms with Crippen LogP contribution in [0.5, 0.6) is 0 Å². The van der Waals surface area contributed by atoms with E-state index in [0.717, 1.165) is 11.1 Å². The number of urea groups is 1. The largest absolute Gasteiger partial charge is 0.480 e. The lowest BCUT2D eigenvalue weighted by Gasteiger charge is -2.22. The molecule has 0 saturated heterocycles. The maximum Gasteiger partial charge on any atom is 0.346 e. The number of aromatic nitrogens is 2. The Morgan fingerprint density at radius 2 is 1.71 bits per heavy atom. The highest BCUT2D eigenvalue weighted by molar-refractivity contribution is 6.06. The fourth-order valence-electron chi connectivity index (χ4n) is 3.46. The molecule has 10 heteroatoms. The topological polar surface area (TPSA) is 144 Å². The summed E-state index contributed by atoms with van der Waals surface area (Å²) in [4.78, 5) is 56.7. The molecule has 4 N–H and O–H groups in total. The van der Waals surface area contributed by atoms with Gasteiger partial charge in [0.2, 0.25) is 0 Å². The van der Waals surface area contributed by atoms with Crippen LogP contribution in [0.3, 0.4) is 0 Å². The predicted octanol–water partition coefficient (Wildman–Crippen LogP) is 2.48. The molecule has 0 fully saturated rings. The van der Waals surface area contributed by atoms with Gasteiger partial charge in [0.15, 0.2) is 0 Å². The number of carboxylic acids is 1. The number of carbonyl (C=O) groups excluding carboxylic acids is 2. The predicted molar refractivity (Wildman–Crippen MR) is 127 cm³/mol. The van der Waals surface area contributed by atoms with Gasteiger partial charge in [-0.2, -0.15) is 4.98 Å². The monoisotopic (exact) mass is 463 g/mol. The second-order valence-electron chi connectivity index (χ2n) is 7.74. The molecule has 0 spiro atoms. The number of para-hydroxylation sites is 1. The van der Waals surface area contributed by atoms with Gasteiger partial charge in [-0.3, -0.25) is 9.69 Å². The van der Waals surface area contributed by atoms with Gasteiger partial charge in [-0.1, -0.05) is 36.4 Å². The maximum absolute atomic E-state index is 12.9. The normalized spacial score (nSPS) is 11.4. The smallest absolute Gasteiger partial charge is 0.346 e. The van der Waals surface area contributed by atoms with E-state index in [-0.39, 0.29) is 17.8 Å². The highest BCUT2D eigenvalue weighted by atomic mass is 16.4. The zero-order chi connectivity index (χ0) is 24.8. The van der Waals surface area contributed by atoms with Gasteiger partial charge in [-0.15, -0.1) is 0 Å². The summed E-state index contributed by atoms with van der Waals surface area (Å²) in [5.41, 5.74) is 2.03. The zero-order valence-electron chi connectivity index (χ0n) is 19.0. The van der Waals surface area contributed by atoms with Crippen molar-refractivity contribution in [2.75, 3.05) is 17.3 Å². The van der Waals surface area contributed by atoms with Crippen molar-refractivity contribution < 1.29 is 19.5 Å². The number of H-pyrrole nitrogens is 1. The minimum absolute atomic E-state index is 0.0756. The third-order valence-corrected chi connectivity index (χ3v) is 5.30. The molecular weight excluding hydrogens is 438 g/mol. The molecule has 34 heavy (non-hydrogen) atoms. The number of hydrogen-bond donors (Lipinski definition) is 4. The number of rotatable bonds is 7. The first-order valence-electron chi connectivity index (χ1n) is 10.5. The van der Waals surface area contributed by atoms with Crippen LogP contribution in [-0.4, -0.2) is 46.1 Å². The van der Waals surface area contributed by atoms with E-state index in [1.807, 2.05) is 6.07 Å². The van der Waals surface area contributed by atoms with E-state index in [1.165, 1.54) is 18.1 Å². The number of carboxylic acid groups (broad SMARTS) is 1. The maximum atomic E-state index is 12.9. The second kappa shape index (κ2) is 10.4. The van der Waals surface area contributed by atoms with Crippen LogP contribution in [-0.2, 0) is 11.2 Å². The van der Waals surface area contributed by atoms with Crippen molar-refractivity contribution in [2.24, 2.45) is 0 Å². The lowest BCUT2D eigenvalue weighted by molar-refractivity contribution is -0.139. The fraction of sp³-hybridized carbons (Fsp3) is 0.208. The molecule has 3 aromatic rings. The summed E-state index contributed by atoms with van der Waals surface area (Å²) in [7, 11) is 1.52. The minimum Gasteiger partial charge on any atom is -0.480 e. The summed E-state index contributed by atoms with van der Waals surface area (Å²) in [6.07, 6.45) is 1.05. The van der Waals surface area contributed by atoms with Crippen molar-refractivity contribution in [3.05, 3.63) is 87.5 Å². The number of aryl methyl sites for hydroxylation is 2. The number of carbonyl (C=O) groups is 3. The van der Waals surface area contributed by atoms with Crippen molar-refractivity contribution in [2.45, 2.75) is 26.3 Å². The lowest BCUT2D eigenvalue weighted by Crippen LogP contribution is -2.48. The Balaban J connectivity index is 1.83. The van der Waals surface area contributed by atoms with Crippen molar-refractivity contribution in [3.8, 4) is 0 Å². The molecule has 3 rings (SSSR count). The molecule has 0 aliphatic carbocycles. The van der Waals surface area contributed by atoms with Crippen molar-refractivity contribution in [3.63, 3.8) is 0 Å². The Bertz CT molecular complexity index is 1250. The van der Waals surface area contributed by atoms with Crippen LogP contribution in [0.2, 0.25) is 0 Å². The van der Waals surface area contributed by atoms with E-state index in [9.17, 15) is 24.3 Å². The Morgan fingerprint density at radius 1 is 1.06 bits per heavy atom. The van der Waals surface area contributed by atoms with Gasteiger partial charge in [-0.25, -0.2) is 14.4 Å². The SMILES string of the molecule is Cc1cccc(C)c1C(=O)Nc1nc(=O)[nH]cc1CC(NC(=O)N(C)c1ccccc1)C(=O)O. The van der Waals surface area contributed by atoms with E-state index >= 15 is 0 Å². The fourth-order valence-corrected chi connectivity index (χ4v) is 3.46. The van der Waals surface area contributed by atoms with Crippen LogP contribution in [0.1, 0.15) is 27.0 Å². The first kappa shape index (κ1) is 24.2. The lowest BCUT2D eigenvalue weighted by atomic mass is 10.0. The average Bonchev–Trinajstić information content (AvgIpc) is 2.80. The highest BCUT2D eigenvalue weighted by Gasteiger charge is 2.25. The van der Waals surface area contributed by atoms with Crippen LogP contribution in [0.4, 0.5) is 16.3 Å². The van der Waals surface area contributed by atoms with E-state index in [1.54, 1.807) is 56.3 Å². The Labute approximate surface area is 195 Å². The molecule has 0 bridgehead atoms. The van der Waals surface area contributed by atoms with Crippen molar-refractivity contribution in [1.29, 1.82) is 0 Å². The number of aromatic amines is 1. The summed E-state index contributed by atoms with van der Waals surface area (Å²) in [6, 6.07) is 12.2. The number of benzene rings is 2. The standard InChI is InChI=1S/C24H25N5O5/c1-14-8-7-9-15(2)19(14)21(30)27-20-16(13-25-23(33)28-20)12-18(22(31)32)26-24(34)29(3)17-10-5-4-6-11-17/h4-11,13,18H,12H2,1-3H3,(H,26,34)(H,31,32)(H2,25,27,28,30,33). The molecule has 1 heterocycles. The first-order valence-corrected chi connectivity index (χ1v) is 10.5. The van der Waals surface area contributed by atoms with Crippen LogP contribution in [0.15, 0.2) is 59.5 Å². The molecule has 3 amide bonds. The van der Waals surface area contributed by atoms with Gasteiger partial charge >= 0.3 is 17.7 Å². The molecule has 176 valence electrons. The van der Waals surface area contributed by atoms with Crippen LogP contribution >= 0.6 is 0 Å². The zero-order valence-corrected chi connectivity index (χ0v) is 19.0. The van der Waals surface area contributed by atoms with Gasteiger partial charge in [-0.05, 0) is 37.1 Å². The Kier molecular flexibility index (Phi) is 7.42. The molecule has 1 unspecified atom stereocenters. The number of aliphatic carboxylic acids is 1.